The Labute approximate surface area is 399 Å². The number of H-pyrrole nitrogens is 1. The third-order valence-corrected chi connectivity index (χ3v) is 12.0. The lowest BCUT2D eigenvalue weighted by Gasteiger charge is -2.22. The molecule has 65 heavy (non-hydrogen) atoms. The predicted octanol–water partition coefficient (Wildman–Crippen LogP) is 15.6. The van der Waals surface area contributed by atoms with Crippen LogP contribution in [0.25, 0.3) is 0 Å². The lowest BCUT2D eigenvalue weighted by molar-refractivity contribution is -0.394. The molecule has 12 heteroatoms. The second-order valence-corrected chi connectivity index (χ2v) is 19.4. The molecule has 12 nitrogen and oxygen atoms in total. The molecule has 1 unspecified atom stereocenters. The Morgan fingerprint density at radius 3 is 1.35 bits per heavy atom. The smallest absolute Gasteiger partial charge is 0.455 e. The van der Waals surface area contributed by atoms with E-state index < -0.39 is 4.92 Å². The summed E-state index contributed by atoms with van der Waals surface area (Å²) in [7, 11) is 0. The minimum Gasteiger partial charge on any atom is -0.462 e. The molecule has 0 aliphatic heterocycles. The average molecular weight is 921 g/mol. The van der Waals surface area contributed by atoms with E-state index in [-0.39, 0.29) is 36.0 Å². The summed E-state index contributed by atoms with van der Waals surface area (Å²) in [6.45, 7) is 19.0. The monoisotopic (exact) mass is 921 g/mol. The number of rotatable bonds is 46. The maximum absolute atomic E-state index is 12.9. The molecular formula is C53H104N6O6. The molecule has 1 rings (SSSR count). The third kappa shape index (κ3) is 42.3. The highest BCUT2D eigenvalue weighted by Gasteiger charge is 2.16. The SMILES string of the molecule is CC(C)C.CCCCCCCCC(CC)OC(=O)CCCCCCCN(CCCCCCCC(=O)OC(CCCCCCCC)CCCCCCCC)CCCNc1n[nH]c([N+](=O)[O-])n1. The molecule has 0 fully saturated rings. The van der Waals surface area contributed by atoms with E-state index >= 15 is 0 Å². The number of hydrogen-bond acceptors (Lipinski definition) is 10. The number of carbonyl (C=O) groups excluding carboxylic acids is 2. The van der Waals surface area contributed by atoms with Gasteiger partial charge < -0.3 is 29.8 Å². The molecule has 2 N–H and O–H groups in total. The molecule has 0 amide bonds. The quantitative estimate of drug-likeness (QED) is 0.0280. The number of esters is 2. The first kappa shape index (κ1) is 62.2. The predicted molar refractivity (Wildman–Crippen MR) is 273 cm³/mol. The molecule has 0 bridgehead atoms. The van der Waals surface area contributed by atoms with Gasteiger partial charge in [-0.1, -0.05) is 188 Å². The van der Waals surface area contributed by atoms with Crippen molar-refractivity contribution >= 4 is 23.8 Å². The zero-order chi connectivity index (χ0) is 48.0. The lowest BCUT2D eigenvalue weighted by Crippen LogP contribution is -2.28. The minimum atomic E-state index is -0.581. The normalized spacial score (nSPS) is 11.8. The van der Waals surface area contributed by atoms with Crippen molar-refractivity contribution in [2.24, 2.45) is 5.92 Å². The summed E-state index contributed by atoms with van der Waals surface area (Å²) in [6.07, 6.45) is 39.3. The number of aromatic nitrogens is 3. The average Bonchev–Trinajstić information content (AvgIpc) is 3.76. The largest absolute Gasteiger partial charge is 0.462 e. The van der Waals surface area contributed by atoms with Gasteiger partial charge in [0.05, 0.1) is 0 Å². The first-order valence-electron chi connectivity index (χ1n) is 27.5. The fourth-order valence-corrected chi connectivity index (χ4v) is 8.08. The first-order chi connectivity index (χ1) is 31.6. The van der Waals surface area contributed by atoms with Crippen LogP contribution in [0, 0.1) is 16.0 Å². The number of unbranched alkanes of at least 4 members (excludes halogenated alkanes) is 23. The number of ether oxygens (including phenoxy) is 2. The highest BCUT2D eigenvalue weighted by molar-refractivity contribution is 5.69. The standard InChI is InChI=1S/C49H94N6O6.C4H10/c1-5-9-12-15-20-27-35-44(8-4)60-46(56)38-30-23-18-25-32-41-54(43-34-40-50-48-51-49(53-52-48)55(58)59)42-33-26-19-24-31-39-47(57)61-45(36-28-21-16-13-10-6-2)37-29-22-17-14-11-7-3;1-4(2)3/h44-45H,5-43H2,1-4H3,(H2,50,51,52,53);4H,1-3H3. The Morgan fingerprint density at radius 2 is 0.938 bits per heavy atom. The van der Waals surface area contributed by atoms with Crippen molar-refractivity contribution in [3.05, 3.63) is 10.1 Å². The molecule has 0 spiro atoms. The molecule has 1 heterocycles. The topological polar surface area (TPSA) is 153 Å². The van der Waals surface area contributed by atoms with E-state index in [0.29, 0.717) is 19.4 Å². The van der Waals surface area contributed by atoms with E-state index in [0.717, 1.165) is 141 Å². The van der Waals surface area contributed by atoms with Crippen molar-refractivity contribution in [3.63, 3.8) is 0 Å². The van der Waals surface area contributed by atoms with E-state index in [1.54, 1.807) is 0 Å². The molecule has 382 valence electrons. The molecule has 1 aromatic rings. The Morgan fingerprint density at radius 1 is 0.569 bits per heavy atom. The minimum absolute atomic E-state index is 0.00902. The molecule has 0 aromatic carbocycles. The van der Waals surface area contributed by atoms with Gasteiger partial charge in [-0.25, -0.2) is 0 Å². The summed E-state index contributed by atoms with van der Waals surface area (Å²) in [6, 6.07) is 0. The molecular weight excluding hydrogens is 817 g/mol. The highest BCUT2D eigenvalue weighted by atomic mass is 16.6. The van der Waals surface area contributed by atoms with Gasteiger partial charge >= 0.3 is 23.8 Å². The van der Waals surface area contributed by atoms with Gasteiger partial charge in [-0.05, 0) is 113 Å². The van der Waals surface area contributed by atoms with Crippen LogP contribution < -0.4 is 5.32 Å². The van der Waals surface area contributed by atoms with Gasteiger partial charge in [-0.2, -0.15) is 0 Å². The van der Waals surface area contributed by atoms with E-state index in [9.17, 15) is 19.7 Å². The Hall–Kier alpha value is -2.76. The van der Waals surface area contributed by atoms with Crippen molar-refractivity contribution in [2.75, 3.05) is 31.5 Å². The van der Waals surface area contributed by atoms with E-state index in [2.05, 4.69) is 73.9 Å². The molecule has 1 atom stereocenters. The number of anilines is 1. The summed E-state index contributed by atoms with van der Waals surface area (Å²) in [4.78, 5) is 42.1. The Bertz CT molecular complexity index is 1200. The van der Waals surface area contributed by atoms with Crippen molar-refractivity contribution in [1.82, 2.24) is 20.1 Å². The van der Waals surface area contributed by atoms with Crippen LogP contribution in [-0.2, 0) is 19.1 Å². The van der Waals surface area contributed by atoms with Crippen molar-refractivity contribution in [3.8, 4) is 0 Å². The summed E-state index contributed by atoms with van der Waals surface area (Å²) in [5, 5.41) is 20.3. The first-order valence-corrected chi connectivity index (χ1v) is 27.5. The van der Waals surface area contributed by atoms with Crippen molar-refractivity contribution in [1.29, 1.82) is 0 Å². The van der Waals surface area contributed by atoms with Crippen LogP contribution in [0.3, 0.4) is 0 Å². The Balaban J connectivity index is 0.00000979. The zero-order valence-electron chi connectivity index (χ0n) is 43.5. The van der Waals surface area contributed by atoms with Gasteiger partial charge in [-0.15, -0.1) is 5.10 Å². The van der Waals surface area contributed by atoms with E-state index in [1.807, 2.05) is 0 Å². The number of hydrogen-bond donors (Lipinski definition) is 2. The molecule has 0 saturated carbocycles. The zero-order valence-corrected chi connectivity index (χ0v) is 43.5. The van der Waals surface area contributed by atoms with Crippen LogP contribution in [0.2, 0.25) is 0 Å². The van der Waals surface area contributed by atoms with E-state index in [4.69, 9.17) is 9.47 Å². The van der Waals surface area contributed by atoms with Gasteiger partial charge in [0.15, 0.2) is 0 Å². The Kier molecular flexibility index (Phi) is 44.4. The van der Waals surface area contributed by atoms with Gasteiger partial charge in [-0.3, -0.25) is 9.59 Å². The van der Waals surface area contributed by atoms with Crippen LogP contribution in [0.15, 0.2) is 0 Å². The highest BCUT2D eigenvalue weighted by Crippen LogP contribution is 2.19. The number of carbonyl (C=O) groups is 2. The summed E-state index contributed by atoms with van der Waals surface area (Å²) in [5.74, 6) is 0.677. The maximum atomic E-state index is 12.9. The fraction of sp³-hybridized carbons (Fsp3) is 0.925. The van der Waals surface area contributed by atoms with Crippen LogP contribution in [0.4, 0.5) is 11.9 Å². The molecule has 0 aliphatic carbocycles. The molecule has 0 aliphatic rings. The van der Waals surface area contributed by atoms with Gasteiger partial charge in [0.1, 0.15) is 12.2 Å². The van der Waals surface area contributed by atoms with Crippen LogP contribution in [0.1, 0.15) is 273 Å². The van der Waals surface area contributed by atoms with Gasteiger partial charge in [0.25, 0.3) is 0 Å². The lowest BCUT2D eigenvalue weighted by atomic mass is 10.0. The molecule has 1 aromatic heterocycles. The summed E-state index contributed by atoms with van der Waals surface area (Å²) >= 11 is 0. The number of nitrogens with zero attached hydrogens (tertiary/aromatic N) is 4. The van der Waals surface area contributed by atoms with E-state index in [1.165, 1.54) is 96.3 Å². The van der Waals surface area contributed by atoms with Crippen LogP contribution >= 0.6 is 0 Å². The third-order valence-electron chi connectivity index (χ3n) is 12.0. The second-order valence-electron chi connectivity index (χ2n) is 19.4. The number of nitro groups is 1. The van der Waals surface area contributed by atoms with Crippen molar-refractivity contribution < 1.29 is 24.0 Å². The molecule has 0 saturated heterocycles. The summed E-state index contributed by atoms with van der Waals surface area (Å²) < 4.78 is 11.9. The number of nitrogens with one attached hydrogen (secondary N) is 2. The maximum Gasteiger partial charge on any atom is 0.455 e. The van der Waals surface area contributed by atoms with Crippen LogP contribution in [0.5, 0.6) is 0 Å². The fourth-order valence-electron chi connectivity index (χ4n) is 8.08. The van der Waals surface area contributed by atoms with Crippen molar-refractivity contribution in [2.45, 2.75) is 285 Å². The summed E-state index contributed by atoms with van der Waals surface area (Å²) in [5.41, 5.74) is 0. The molecule has 0 radical (unpaired) electrons. The van der Waals surface area contributed by atoms with Gasteiger partial charge in [0, 0.05) is 19.4 Å². The van der Waals surface area contributed by atoms with Crippen LogP contribution in [-0.4, -0.2) is 75.3 Å². The van der Waals surface area contributed by atoms with Gasteiger partial charge in [0.2, 0.25) is 0 Å². The second kappa shape index (κ2) is 46.4. The number of aromatic amines is 1.